The number of rotatable bonds is 8. The molecule has 3 atom stereocenters. The van der Waals surface area contributed by atoms with Gasteiger partial charge in [0, 0.05) is 49.5 Å². The van der Waals surface area contributed by atoms with Crippen molar-refractivity contribution in [2.24, 2.45) is 17.8 Å². The van der Waals surface area contributed by atoms with Crippen molar-refractivity contribution in [1.29, 1.82) is 0 Å². The summed E-state index contributed by atoms with van der Waals surface area (Å²) < 4.78 is 19.0. The molecule has 35 heavy (non-hydrogen) atoms. The molecule has 5 rings (SSSR count). The molecule has 1 amide bonds. The van der Waals surface area contributed by atoms with Crippen LogP contribution in [0.25, 0.3) is 10.9 Å². The Morgan fingerprint density at radius 1 is 1.29 bits per heavy atom. The summed E-state index contributed by atoms with van der Waals surface area (Å²) in [4.78, 5) is 23.5. The highest BCUT2D eigenvalue weighted by Gasteiger charge is 2.54. The number of aromatic nitrogens is 2. The lowest BCUT2D eigenvalue weighted by Crippen LogP contribution is -2.25. The molecule has 3 aromatic rings. The first-order valence-electron chi connectivity index (χ1n) is 11.3. The standard InChI is InChI=1S/C25H25ClFN5O3/c1-35-23-9-21-15(25(29-13-28-21)30-14-4-5-20(27)19(26)7-14)8-22(23)31-24(34)3-2-6-32-10-16-17(11-32)18(16)12-33/h2-5,7-9,13,16-18,33H,6,10-12H2,1H3,(H,31,34)(H,28,29,30)/b3-2+/t16-,17+,18?. The number of ether oxygens (including phenoxy) is 1. The number of likely N-dealkylation sites (tertiary alicyclic amines) is 1. The molecule has 2 aliphatic rings. The molecular formula is C25H25ClFN5O3. The van der Waals surface area contributed by atoms with Crippen LogP contribution in [-0.2, 0) is 4.79 Å². The van der Waals surface area contributed by atoms with Gasteiger partial charge in [-0.1, -0.05) is 17.7 Å². The molecule has 1 aliphatic carbocycles. The first-order chi connectivity index (χ1) is 17.0. The van der Waals surface area contributed by atoms with E-state index in [0.29, 0.717) is 58.1 Å². The van der Waals surface area contributed by atoms with Gasteiger partial charge in [0.25, 0.3) is 0 Å². The molecule has 10 heteroatoms. The molecule has 0 spiro atoms. The average molecular weight is 498 g/mol. The zero-order chi connectivity index (χ0) is 24.5. The predicted octanol–water partition coefficient (Wildman–Crippen LogP) is 3.84. The van der Waals surface area contributed by atoms with Crippen LogP contribution >= 0.6 is 11.6 Å². The number of aliphatic hydroxyl groups excluding tert-OH is 1. The van der Waals surface area contributed by atoms with Crippen molar-refractivity contribution in [1.82, 2.24) is 14.9 Å². The Labute approximate surface area is 206 Å². The van der Waals surface area contributed by atoms with Gasteiger partial charge < -0.3 is 20.5 Å². The lowest BCUT2D eigenvalue weighted by Gasteiger charge is -2.16. The number of fused-ring (bicyclic) bond motifs is 2. The van der Waals surface area contributed by atoms with Gasteiger partial charge in [-0.25, -0.2) is 14.4 Å². The van der Waals surface area contributed by atoms with Gasteiger partial charge in [0.05, 0.1) is 23.3 Å². The SMILES string of the molecule is COc1cc2ncnc(Nc3ccc(F)c(Cl)c3)c2cc1NC(=O)/C=C/CN1C[C@@H]2C(CO)[C@@H]2C1. The number of piperidine rings is 1. The maximum absolute atomic E-state index is 13.5. The predicted molar refractivity (Wildman–Crippen MR) is 133 cm³/mol. The zero-order valence-electron chi connectivity index (χ0n) is 19.0. The third-order valence-electron chi connectivity index (χ3n) is 6.69. The smallest absolute Gasteiger partial charge is 0.248 e. The van der Waals surface area contributed by atoms with E-state index in [1.54, 1.807) is 18.2 Å². The summed E-state index contributed by atoms with van der Waals surface area (Å²) in [6.07, 6.45) is 4.76. The number of hydrogen-bond donors (Lipinski definition) is 3. The normalized spacial score (nSPS) is 21.3. The van der Waals surface area contributed by atoms with E-state index in [2.05, 4.69) is 25.5 Å². The molecule has 2 heterocycles. The fourth-order valence-corrected chi connectivity index (χ4v) is 4.98. The van der Waals surface area contributed by atoms with E-state index in [-0.39, 0.29) is 17.5 Å². The molecule has 0 bridgehead atoms. The second-order valence-electron chi connectivity index (χ2n) is 8.83. The first-order valence-corrected chi connectivity index (χ1v) is 11.7. The van der Waals surface area contributed by atoms with Gasteiger partial charge >= 0.3 is 0 Å². The number of carbonyl (C=O) groups excluding carboxylic acids is 1. The van der Waals surface area contributed by atoms with Crippen LogP contribution < -0.4 is 15.4 Å². The maximum atomic E-state index is 13.5. The average Bonchev–Trinajstić information content (AvgIpc) is 3.33. The van der Waals surface area contributed by atoms with Crippen molar-refractivity contribution in [3.63, 3.8) is 0 Å². The van der Waals surface area contributed by atoms with E-state index < -0.39 is 5.82 Å². The molecule has 2 fully saturated rings. The Morgan fingerprint density at radius 2 is 2.09 bits per heavy atom. The zero-order valence-corrected chi connectivity index (χ0v) is 19.8. The molecule has 2 aromatic carbocycles. The topological polar surface area (TPSA) is 99.6 Å². The van der Waals surface area contributed by atoms with Gasteiger partial charge in [0.2, 0.25) is 5.91 Å². The molecule has 1 unspecified atom stereocenters. The number of nitrogens with one attached hydrogen (secondary N) is 2. The highest BCUT2D eigenvalue weighted by molar-refractivity contribution is 6.31. The van der Waals surface area contributed by atoms with Crippen molar-refractivity contribution < 1.29 is 19.0 Å². The van der Waals surface area contributed by atoms with Crippen LogP contribution in [0.5, 0.6) is 5.75 Å². The Kier molecular flexibility index (Phi) is 6.55. The van der Waals surface area contributed by atoms with Crippen molar-refractivity contribution in [3.05, 3.63) is 59.7 Å². The second-order valence-corrected chi connectivity index (χ2v) is 9.24. The van der Waals surface area contributed by atoms with Crippen LogP contribution in [0.1, 0.15) is 0 Å². The minimum atomic E-state index is -0.511. The summed E-state index contributed by atoms with van der Waals surface area (Å²) in [5.74, 6) is 1.80. The molecule has 182 valence electrons. The second kappa shape index (κ2) is 9.77. The highest BCUT2D eigenvalue weighted by Crippen LogP contribution is 2.51. The molecular weight excluding hydrogens is 473 g/mol. The van der Waals surface area contributed by atoms with E-state index >= 15 is 0 Å². The Balaban J connectivity index is 1.30. The van der Waals surface area contributed by atoms with Crippen LogP contribution in [0.15, 0.2) is 48.8 Å². The number of hydrogen-bond acceptors (Lipinski definition) is 7. The summed E-state index contributed by atoms with van der Waals surface area (Å²) in [6.45, 7) is 2.90. The van der Waals surface area contributed by atoms with Crippen molar-refractivity contribution in [3.8, 4) is 5.75 Å². The Hall–Kier alpha value is -3.27. The summed E-state index contributed by atoms with van der Waals surface area (Å²) in [6, 6.07) is 7.74. The lowest BCUT2D eigenvalue weighted by molar-refractivity contribution is -0.111. The quantitative estimate of drug-likeness (QED) is 0.407. The van der Waals surface area contributed by atoms with Crippen molar-refractivity contribution in [2.45, 2.75) is 0 Å². The molecule has 1 aliphatic heterocycles. The summed E-state index contributed by atoms with van der Waals surface area (Å²) in [5, 5.41) is 15.9. The van der Waals surface area contributed by atoms with Crippen LogP contribution in [0, 0.1) is 23.6 Å². The third-order valence-corrected chi connectivity index (χ3v) is 6.98. The van der Waals surface area contributed by atoms with Gasteiger partial charge in [-0.2, -0.15) is 0 Å². The third kappa shape index (κ3) is 4.93. The first kappa shape index (κ1) is 23.5. The summed E-state index contributed by atoms with van der Waals surface area (Å²) in [7, 11) is 1.52. The number of methoxy groups -OCH3 is 1. The molecule has 8 nitrogen and oxygen atoms in total. The lowest BCUT2D eigenvalue weighted by atomic mass is 10.1. The highest BCUT2D eigenvalue weighted by atomic mass is 35.5. The van der Waals surface area contributed by atoms with Crippen LogP contribution in [0.2, 0.25) is 5.02 Å². The number of carbonyl (C=O) groups is 1. The van der Waals surface area contributed by atoms with E-state index in [9.17, 15) is 14.3 Å². The fourth-order valence-electron chi connectivity index (χ4n) is 4.80. The van der Waals surface area contributed by atoms with Gasteiger partial charge in [-0.3, -0.25) is 9.69 Å². The van der Waals surface area contributed by atoms with E-state index in [0.717, 1.165) is 13.1 Å². The minimum absolute atomic E-state index is 0.00561. The summed E-state index contributed by atoms with van der Waals surface area (Å²) in [5.41, 5.74) is 1.64. The van der Waals surface area contributed by atoms with Gasteiger partial charge in [0.15, 0.2) is 0 Å². The van der Waals surface area contributed by atoms with E-state index in [1.165, 1.54) is 31.6 Å². The van der Waals surface area contributed by atoms with E-state index in [1.807, 2.05) is 6.08 Å². The van der Waals surface area contributed by atoms with Gasteiger partial charge in [-0.15, -0.1) is 0 Å². The van der Waals surface area contributed by atoms with Gasteiger partial charge in [0.1, 0.15) is 23.7 Å². The Morgan fingerprint density at radius 3 is 2.80 bits per heavy atom. The van der Waals surface area contributed by atoms with Crippen LogP contribution in [0.3, 0.4) is 0 Å². The molecule has 1 saturated carbocycles. The van der Waals surface area contributed by atoms with Crippen LogP contribution in [0.4, 0.5) is 21.6 Å². The van der Waals surface area contributed by atoms with Crippen molar-refractivity contribution in [2.75, 3.05) is 44.0 Å². The number of nitrogens with zero attached hydrogens (tertiary/aromatic N) is 3. The van der Waals surface area contributed by atoms with Crippen LogP contribution in [-0.4, -0.2) is 59.2 Å². The Bertz CT molecular complexity index is 1290. The van der Waals surface area contributed by atoms with E-state index in [4.69, 9.17) is 16.3 Å². The van der Waals surface area contributed by atoms with Crippen molar-refractivity contribution >= 4 is 45.6 Å². The largest absolute Gasteiger partial charge is 0.494 e. The monoisotopic (exact) mass is 497 g/mol. The summed E-state index contributed by atoms with van der Waals surface area (Å²) >= 11 is 5.89. The molecule has 3 N–H and O–H groups in total. The number of aliphatic hydroxyl groups is 1. The maximum Gasteiger partial charge on any atom is 0.248 e. The molecule has 1 saturated heterocycles. The fraction of sp³-hybridized carbons (Fsp3) is 0.320. The number of halogens is 2. The molecule has 0 radical (unpaired) electrons. The number of benzene rings is 2. The molecule has 1 aromatic heterocycles. The number of anilines is 3. The minimum Gasteiger partial charge on any atom is -0.494 e. The van der Waals surface area contributed by atoms with Gasteiger partial charge in [-0.05, 0) is 42.0 Å². The number of amides is 1.